The van der Waals surface area contributed by atoms with Gasteiger partial charge in [0.1, 0.15) is 0 Å². The van der Waals surface area contributed by atoms with E-state index in [-0.39, 0.29) is 17.3 Å². The zero-order valence-corrected chi connectivity index (χ0v) is 19.8. The molecular weight excluding hydrogens is 460 g/mol. The molecule has 3 aromatic rings. The highest BCUT2D eigenvalue weighted by atomic mass is 35.5. The molecule has 1 fully saturated rings. The van der Waals surface area contributed by atoms with Crippen LogP contribution in [-0.2, 0) is 21.3 Å². The van der Waals surface area contributed by atoms with Gasteiger partial charge in [0.15, 0.2) is 0 Å². The Hall–Kier alpha value is -2.87. The number of nitrogens with zero attached hydrogens (tertiary/aromatic N) is 2. The van der Waals surface area contributed by atoms with Crippen molar-refractivity contribution >= 4 is 33.2 Å². The maximum absolute atomic E-state index is 13.6. The molecule has 0 saturated carbocycles. The molecule has 0 aromatic heterocycles. The van der Waals surface area contributed by atoms with Gasteiger partial charge in [0.2, 0.25) is 0 Å². The Kier molecular flexibility index (Phi) is 7.02. The maximum Gasteiger partial charge on any atom is 0.264 e. The quantitative estimate of drug-likeness (QED) is 0.516. The van der Waals surface area contributed by atoms with Crippen LogP contribution in [0.15, 0.2) is 77.7 Å². The summed E-state index contributed by atoms with van der Waals surface area (Å²) in [6, 6.07) is 20.6. The maximum atomic E-state index is 13.6. The van der Waals surface area contributed by atoms with Crippen LogP contribution in [0.4, 0.5) is 5.69 Å². The number of anilines is 1. The molecule has 33 heavy (non-hydrogen) atoms. The van der Waals surface area contributed by atoms with Crippen LogP contribution in [0.3, 0.4) is 0 Å². The molecule has 3 aromatic carbocycles. The number of ether oxygens (including phenoxy) is 1. The molecule has 1 aliphatic heterocycles. The first-order valence-electron chi connectivity index (χ1n) is 10.7. The summed E-state index contributed by atoms with van der Waals surface area (Å²) in [4.78, 5) is 14.7. The highest BCUT2D eigenvalue weighted by Gasteiger charge is 2.27. The summed E-state index contributed by atoms with van der Waals surface area (Å²) in [7, 11) is -3.85. The summed E-state index contributed by atoms with van der Waals surface area (Å²) in [6.45, 7) is 4.11. The summed E-state index contributed by atoms with van der Waals surface area (Å²) in [5, 5.41) is 0.493. The summed E-state index contributed by atoms with van der Waals surface area (Å²) >= 11 is 6.31. The lowest BCUT2D eigenvalue weighted by atomic mass is 10.1. The molecule has 1 amide bonds. The van der Waals surface area contributed by atoms with E-state index in [1.165, 1.54) is 4.31 Å². The van der Waals surface area contributed by atoms with Crippen LogP contribution >= 0.6 is 11.6 Å². The molecule has 4 rings (SSSR count). The molecular formula is C25H25ClN2O4S. The molecule has 0 bridgehead atoms. The fourth-order valence-corrected chi connectivity index (χ4v) is 5.45. The molecule has 0 spiro atoms. The van der Waals surface area contributed by atoms with Crippen LogP contribution < -0.4 is 4.31 Å². The summed E-state index contributed by atoms with van der Waals surface area (Å²) < 4.78 is 33.9. The Balaban J connectivity index is 1.66. The monoisotopic (exact) mass is 484 g/mol. The van der Waals surface area contributed by atoms with Crippen LogP contribution in [0.1, 0.15) is 21.5 Å². The highest BCUT2D eigenvalue weighted by Crippen LogP contribution is 2.32. The van der Waals surface area contributed by atoms with E-state index < -0.39 is 10.0 Å². The topological polar surface area (TPSA) is 66.9 Å². The molecule has 0 atom stereocenters. The Bertz CT molecular complexity index is 1230. The SMILES string of the molecule is Cc1c(Cl)cccc1N(Cc1ccc(C(=O)N2CCOCC2)cc1)S(=O)(=O)c1ccccc1. The van der Waals surface area contributed by atoms with Gasteiger partial charge in [-0.25, -0.2) is 8.42 Å². The predicted octanol–water partition coefficient (Wildman–Crippen LogP) is 4.52. The number of hydrogen-bond acceptors (Lipinski definition) is 4. The van der Waals surface area contributed by atoms with E-state index in [1.807, 2.05) is 0 Å². The normalized spacial score (nSPS) is 14.2. The van der Waals surface area contributed by atoms with Gasteiger partial charge in [-0.3, -0.25) is 9.10 Å². The molecule has 6 nitrogen and oxygen atoms in total. The molecule has 0 aliphatic carbocycles. The van der Waals surface area contributed by atoms with Gasteiger partial charge in [-0.15, -0.1) is 0 Å². The van der Waals surface area contributed by atoms with Gasteiger partial charge in [0, 0.05) is 23.7 Å². The van der Waals surface area contributed by atoms with Crippen molar-refractivity contribution in [3.05, 3.63) is 94.5 Å². The van der Waals surface area contributed by atoms with Gasteiger partial charge in [0.05, 0.1) is 30.3 Å². The van der Waals surface area contributed by atoms with Crippen molar-refractivity contribution in [2.45, 2.75) is 18.4 Å². The molecule has 1 heterocycles. The van der Waals surface area contributed by atoms with Crippen molar-refractivity contribution in [2.75, 3.05) is 30.6 Å². The van der Waals surface area contributed by atoms with E-state index >= 15 is 0 Å². The average molecular weight is 485 g/mol. The van der Waals surface area contributed by atoms with Gasteiger partial charge in [-0.1, -0.05) is 48.0 Å². The van der Waals surface area contributed by atoms with Crippen LogP contribution in [0.5, 0.6) is 0 Å². The number of sulfonamides is 1. The van der Waals surface area contributed by atoms with E-state index in [2.05, 4.69) is 0 Å². The molecule has 0 unspecified atom stereocenters. The van der Waals surface area contributed by atoms with Crippen molar-refractivity contribution in [1.29, 1.82) is 0 Å². The third-order valence-electron chi connectivity index (χ3n) is 5.66. The molecule has 1 saturated heterocycles. The minimum atomic E-state index is -3.85. The van der Waals surface area contributed by atoms with Crippen LogP contribution in [-0.4, -0.2) is 45.5 Å². The van der Waals surface area contributed by atoms with Gasteiger partial charge < -0.3 is 9.64 Å². The van der Waals surface area contributed by atoms with Crippen LogP contribution in [0.2, 0.25) is 5.02 Å². The van der Waals surface area contributed by atoms with Crippen molar-refractivity contribution in [3.63, 3.8) is 0 Å². The largest absolute Gasteiger partial charge is 0.378 e. The molecule has 1 aliphatic rings. The Morgan fingerprint density at radius 1 is 0.970 bits per heavy atom. The van der Waals surface area contributed by atoms with E-state index in [0.717, 1.165) is 5.56 Å². The van der Waals surface area contributed by atoms with Crippen molar-refractivity contribution in [2.24, 2.45) is 0 Å². The highest BCUT2D eigenvalue weighted by molar-refractivity contribution is 7.92. The van der Waals surface area contributed by atoms with Gasteiger partial charge in [0.25, 0.3) is 15.9 Å². The number of morpholine rings is 1. The zero-order valence-electron chi connectivity index (χ0n) is 18.3. The van der Waals surface area contributed by atoms with Crippen LogP contribution in [0, 0.1) is 6.92 Å². The summed E-state index contributed by atoms with van der Waals surface area (Å²) in [5.74, 6) is -0.0516. The fraction of sp³-hybridized carbons (Fsp3) is 0.240. The zero-order chi connectivity index (χ0) is 23.4. The number of rotatable bonds is 6. The Morgan fingerprint density at radius 3 is 2.30 bits per heavy atom. The smallest absolute Gasteiger partial charge is 0.264 e. The van der Waals surface area contributed by atoms with Gasteiger partial charge in [-0.2, -0.15) is 0 Å². The second-order valence-electron chi connectivity index (χ2n) is 7.81. The van der Waals surface area contributed by atoms with Crippen molar-refractivity contribution in [1.82, 2.24) is 4.90 Å². The number of carbonyl (C=O) groups is 1. The first kappa shape index (κ1) is 23.3. The van der Waals surface area contributed by atoms with E-state index in [9.17, 15) is 13.2 Å². The van der Waals surface area contributed by atoms with E-state index in [0.29, 0.717) is 48.1 Å². The number of benzene rings is 3. The fourth-order valence-electron chi connectivity index (χ4n) is 3.75. The third-order valence-corrected chi connectivity index (χ3v) is 7.85. The Morgan fingerprint density at radius 2 is 1.64 bits per heavy atom. The average Bonchev–Trinajstić information content (AvgIpc) is 2.85. The molecule has 0 N–H and O–H groups in total. The van der Waals surface area contributed by atoms with Crippen molar-refractivity contribution < 1.29 is 17.9 Å². The first-order valence-corrected chi connectivity index (χ1v) is 12.5. The minimum Gasteiger partial charge on any atom is -0.378 e. The lowest BCUT2D eigenvalue weighted by Crippen LogP contribution is -2.40. The van der Waals surface area contributed by atoms with Crippen LogP contribution in [0.25, 0.3) is 0 Å². The van der Waals surface area contributed by atoms with Gasteiger partial charge >= 0.3 is 0 Å². The lowest BCUT2D eigenvalue weighted by Gasteiger charge is -2.27. The Labute approximate surface area is 199 Å². The molecule has 8 heteroatoms. The van der Waals surface area contributed by atoms with E-state index in [4.69, 9.17) is 16.3 Å². The van der Waals surface area contributed by atoms with E-state index in [1.54, 1.807) is 84.6 Å². The standard InChI is InChI=1S/C25H25ClN2O4S/c1-19-23(26)8-5-9-24(19)28(33(30,31)22-6-3-2-4-7-22)18-20-10-12-21(13-11-20)25(29)27-14-16-32-17-15-27/h2-13H,14-18H2,1H3. The summed E-state index contributed by atoms with van der Waals surface area (Å²) in [6.07, 6.45) is 0. The number of carbonyl (C=O) groups excluding carboxylic acids is 1. The van der Waals surface area contributed by atoms with Gasteiger partial charge in [-0.05, 0) is 54.4 Å². The summed E-state index contributed by atoms with van der Waals surface area (Å²) in [5.41, 5.74) is 2.52. The molecule has 0 radical (unpaired) electrons. The molecule has 172 valence electrons. The number of amides is 1. The predicted molar refractivity (Wildman–Crippen MR) is 129 cm³/mol. The second-order valence-corrected chi connectivity index (χ2v) is 10.1. The number of hydrogen-bond donors (Lipinski definition) is 0. The van der Waals surface area contributed by atoms with Crippen molar-refractivity contribution in [3.8, 4) is 0 Å². The number of halogens is 1. The minimum absolute atomic E-state index is 0.0516. The first-order chi connectivity index (χ1) is 15.9. The lowest BCUT2D eigenvalue weighted by molar-refractivity contribution is 0.0303. The second kappa shape index (κ2) is 9.95. The third kappa shape index (κ3) is 5.05.